The topological polar surface area (TPSA) is 78.9 Å². The summed E-state index contributed by atoms with van der Waals surface area (Å²) in [4.78, 5) is 23.8. The first-order valence-electron chi connectivity index (χ1n) is 5.60. The Morgan fingerprint density at radius 1 is 1.47 bits per heavy atom. The van der Waals surface area contributed by atoms with E-state index in [1.165, 1.54) is 13.2 Å². The zero-order valence-corrected chi connectivity index (χ0v) is 10.6. The third-order valence-corrected chi connectivity index (χ3v) is 2.31. The molecule has 6 heteroatoms. The summed E-state index contributed by atoms with van der Waals surface area (Å²) in [6, 6.07) is 6.36. The van der Waals surface area contributed by atoms with Gasteiger partial charge in [0.25, 0.3) is 0 Å². The maximum absolute atomic E-state index is 12.0. The van der Waals surface area contributed by atoms with Crippen LogP contribution in [0.2, 0.25) is 0 Å². The molecular formula is C13H16N2O4. The van der Waals surface area contributed by atoms with E-state index in [1.54, 1.807) is 24.3 Å². The number of carboxylic acids is 1. The van der Waals surface area contributed by atoms with Crippen LogP contribution in [-0.2, 0) is 4.79 Å². The number of carbonyl (C=O) groups is 2. The standard InChI is InChI=1S/C13H16N2O4/c1-3-8-15(9-12(16)17)13(18)14-10-6-4-5-7-11(10)19-2/h3-7H,1,8-9H2,2H3,(H,14,18)(H,16,17). The number of methoxy groups -OCH3 is 1. The van der Waals surface area contributed by atoms with E-state index < -0.39 is 18.5 Å². The minimum atomic E-state index is -1.09. The third kappa shape index (κ3) is 4.34. The lowest BCUT2D eigenvalue weighted by Gasteiger charge is -2.20. The van der Waals surface area contributed by atoms with Crippen LogP contribution in [-0.4, -0.2) is 42.2 Å². The molecule has 0 aliphatic carbocycles. The predicted octanol–water partition coefficient (Wildman–Crippen LogP) is 1.80. The number of carbonyl (C=O) groups excluding carboxylic acids is 1. The molecular weight excluding hydrogens is 248 g/mol. The molecule has 19 heavy (non-hydrogen) atoms. The molecule has 0 bridgehead atoms. The van der Waals surface area contributed by atoms with Gasteiger partial charge in [-0.15, -0.1) is 6.58 Å². The molecule has 0 fully saturated rings. The molecule has 2 N–H and O–H groups in total. The maximum Gasteiger partial charge on any atom is 0.323 e. The van der Waals surface area contributed by atoms with Crippen molar-refractivity contribution in [3.05, 3.63) is 36.9 Å². The number of para-hydroxylation sites is 2. The summed E-state index contributed by atoms with van der Waals surface area (Å²) in [5.74, 6) is -0.582. The number of aliphatic carboxylic acids is 1. The lowest BCUT2D eigenvalue weighted by molar-refractivity contribution is -0.137. The monoisotopic (exact) mass is 264 g/mol. The Bertz CT molecular complexity index is 473. The fraction of sp³-hybridized carbons (Fsp3) is 0.231. The van der Waals surface area contributed by atoms with Gasteiger partial charge in [-0.25, -0.2) is 4.79 Å². The summed E-state index contributed by atoms with van der Waals surface area (Å²) in [6.45, 7) is 3.24. The van der Waals surface area contributed by atoms with Crippen LogP contribution < -0.4 is 10.1 Å². The summed E-state index contributed by atoms with van der Waals surface area (Å²) in [7, 11) is 1.49. The highest BCUT2D eigenvalue weighted by molar-refractivity contribution is 5.92. The zero-order valence-electron chi connectivity index (χ0n) is 10.6. The van der Waals surface area contributed by atoms with E-state index in [-0.39, 0.29) is 6.54 Å². The molecule has 0 unspecified atom stereocenters. The number of amides is 2. The maximum atomic E-state index is 12.0. The predicted molar refractivity (Wildman–Crippen MR) is 71.4 cm³/mol. The highest BCUT2D eigenvalue weighted by atomic mass is 16.5. The molecule has 0 saturated heterocycles. The van der Waals surface area contributed by atoms with E-state index in [0.29, 0.717) is 11.4 Å². The first kappa shape index (κ1) is 14.6. The van der Waals surface area contributed by atoms with E-state index in [0.717, 1.165) is 4.90 Å². The van der Waals surface area contributed by atoms with Crippen molar-refractivity contribution in [3.8, 4) is 5.75 Å². The number of hydrogen-bond acceptors (Lipinski definition) is 3. The van der Waals surface area contributed by atoms with Crippen LogP contribution in [0.5, 0.6) is 5.75 Å². The third-order valence-electron chi connectivity index (χ3n) is 2.31. The van der Waals surface area contributed by atoms with E-state index in [2.05, 4.69) is 11.9 Å². The molecule has 0 aliphatic heterocycles. The molecule has 0 aromatic heterocycles. The van der Waals surface area contributed by atoms with Gasteiger partial charge in [0.05, 0.1) is 12.8 Å². The number of anilines is 1. The van der Waals surface area contributed by atoms with E-state index in [4.69, 9.17) is 9.84 Å². The van der Waals surface area contributed by atoms with Crippen molar-refractivity contribution in [2.45, 2.75) is 0 Å². The van der Waals surface area contributed by atoms with Crippen LogP contribution in [0.3, 0.4) is 0 Å². The average Bonchev–Trinajstić information content (AvgIpc) is 2.38. The van der Waals surface area contributed by atoms with Gasteiger partial charge in [-0.05, 0) is 12.1 Å². The summed E-state index contributed by atoms with van der Waals surface area (Å²) < 4.78 is 5.10. The van der Waals surface area contributed by atoms with Gasteiger partial charge in [-0.2, -0.15) is 0 Å². The summed E-state index contributed by atoms with van der Waals surface area (Å²) in [5, 5.41) is 11.3. The fourth-order valence-electron chi connectivity index (χ4n) is 1.48. The van der Waals surface area contributed by atoms with Crippen molar-refractivity contribution in [2.75, 3.05) is 25.5 Å². The van der Waals surface area contributed by atoms with Crippen LogP contribution in [0.15, 0.2) is 36.9 Å². The number of benzene rings is 1. The van der Waals surface area contributed by atoms with Gasteiger partial charge in [-0.3, -0.25) is 4.79 Å². The summed E-state index contributed by atoms with van der Waals surface area (Å²) >= 11 is 0. The SMILES string of the molecule is C=CCN(CC(=O)O)C(=O)Nc1ccccc1OC. The van der Waals surface area contributed by atoms with Crippen molar-refractivity contribution < 1.29 is 19.4 Å². The Balaban J connectivity index is 2.80. The molecule has 1 aromatic carbocycles. The molecule has 1 aromatic rings. The van der Waals surface area contributed by atoms with Gasteiger partial charge in [-0.1, -0.05) is 18.2 Å². The molecule has 0 saturated carbocycles. The Hall–Kier alpha value is -2.50. The molecule has 0 aliphatic rings. The number of nitrogens with zero attached hydrogens (tertiary/aromatic N) is 1. The summed E-state index contributed by atoms with van der Waals surface area (Å²) in [6.07, 6.45) is 1.46. The molecule has 102 valence electrons. The van der Waals surface area contributed by atoms with E-state index in [9.17, 15) is 9.59 Å². The molecule has 0 radical (unpaired) electrons. The van der Waals surface area contributed by atoms with Crippen molar-refractivity contribution >= 4 is 17.7 Å². The normalized spacial score (nSPS) is 9.53. The quantitative estimate of drug-likeness (QED) is 0.768. The minimum absolute atomic E-state index is 0.146. The van der Waals surface area contributed by atoms with Crippen LogP contribution in [0.1, 0.15) is 0 Å². The first-order valence-corrected chi connectivity index (χ1v) is 5.60. The van der Waals surface area contributed by atoms with Gasteiger partial charge in [0.1, 0.15) is 12.3 Å². The van der Waals surface area contributed by atoms with Crippen LogP contribution in [0.4, 0.5) is 10.5 Å². The Kier molecular flexibility index (Phi) is 5.40. The Morgan fingerprint density at radius 2 is 2.16 bits per heavy atom. The van der Waals surface area contributed by atoms with Crippen molar-refractivity contribution in [1.82, 2.24) is 4.90 Å². The molecule has 6 nitrogen and oxygen atoms in total. The fourth-order valence-corrected chi connectivity index (χ4v) is 1.48. The smallest absolute Gasteiger partial charge is 0.323 e. The van der Waals surface area contributed by atoms with Crippen LogP contribution >= 0.6 is 0 Å². The van der Waals surface area contributed by atoms with Crippen LogP contribution in [0, 0.1) is 0 Å². The molecule has 0 heterocycles. The van der Waals surface area contributed by atoms with Crippen molar-refractivity contribution in [2.24, 2.45) is 0 Å². The number of urea groups is 1. The number of nitrogens with one attached hydrogen (secondary N) is 1. The second-order valence-electron chi connectivity index (χ2n) is 3.69. The molecule has 0 atom stereocenters. The lowest BCUT2D eigenvalue weighted by atomic mass is 10.3. The summed E-state index contributed by atoms with van der Waals surface area (Å²) in [5.41, 5.74) is 0.481. The van der Waals surface area contributed by atoms with Crippen molar-refractivity contribution in [3.63, 3.8) is 0 Å². The van der Waals surface area contributed by atoms with E-state index >= 15 is 0 Å². The Morgan fingerprint density at radius 3 is 2.74 bits per heavy atom. The van der Waals surface area contributed by atoms with Crippen molar-refractivity contribution in [1.29, 1.82) is 0 Å². The second kappa shape index (κ2) is 7.05. The number of carboxylic acid groups (broad SMARTS) is 1. The average molecular weight is 264 g/mol. The Labute approximate surface area is 111 Å². The van der Waals surface area contributed by atoms with Gasteiger partial charge in [0.15, 0.2) is 0 Å². The number of rotatable bonds is 6. The van der Waals surface area contributed by atoms with Gasteiger partial charge < -0.3 is 20.1 Å². The van der Waals surface area contributed by atoms with Gasteiger partial charge in [0, 0.05) is 6.54 Å². The first-order chi connectivity index (χ1) is 9.08. The molecule has 2 amide bonds. The highest BCUT2D eigenvalue weighted by Gasteiger charge is 2.16. The van der Waals surface area contributed by atoms with Gasteiger partial charge >= 0.3 is 12.0 Å². The van der Waals surface area contributed by atoms with E-state index in [1.807, 2.05) is 0 Å². The largest absolute Gasteiger partial charge is 0.495 e. The van der Waals surface area contributed by atoms with Gasteiger partial charge in [0.2, 0.25) is 0 Å². The highest BCUT2D eigenvalue weighted by Crippen LogP contribution is 2.23. The second-order valence-corrected chi connectivity index (χ2v) is 3.69. The zero-order chi connectivity index (χ0) is 14.3. The number of ether oxygens (including phenoxy) is 1. The minimum Gasteiger partial charge on any atom is -0.495 e. The number of hydrogen-bond donors (Lipinski definition) is 2. The molecule has 0 spiro atoms. The van der Waals surface area contributed by atoms with Crippen LogP contribution in [0.25, 0.3) is 0 Å². The molecule has 1 rings (SSSR count). The lowest BCUT2D eigenvalue weighted by Crippen LogP contribution is -2.38.